The highest BCUT2D eigenvalue weighted by molar-refractivity contribution is 7.81. The van der Waals surface area contributed by atoms with Gasteiger partial charge in [0.15, 0.2) is 0 Å². The van der Waals surface area contributed by atoms with Gasteiger partial charge >= 0.3 is 0 Å². The molecule has 0 aliphatic carbocycles. The summed E-state index contributed by atoms with van der Waals surface area (Å²) in [4.78, 5) is 0. The van der Waals surface area contributed by atoms with E-state index in [0.717, 1.165) is 17.4 Å². The molecule has 0 aromatic carbocycles. The van der Waals surface area contributed by atoms with Crippen LogP contribution in [0, 0.1) is 5.92 Å². The van der Waals surface area contributed by atoms with Gasteiger partial charge in [-0.3, -0.25) is 0 Å². The van der Waals surface area contributed by atoms with Crippen LogP contribution in [-0.4, -0.2) is 16.8 Å². The monoisotopic (exact) mass is 462 g/mol. The van der Waals surface area contributed by atoms with Crippen LogP contribution in [0.2, 0.25) is 0 Å². The molecule has 0 nitrogen and oxygen atoms in total. The van der Waals surface area contributed by atoms with Crippen molar-refractivity contribution in [2.75, 3.05) is 11.5 Å². The Balaban J connectivity index is 4.01. The second-order valence-corrected chi connectivity index (χ2v) is 10.7. The average molecular weight is 463 g/mol. The highest BCUT2D eigenvalue weighted by Gasteiger charge is 2.17. The zero-order valence-electron chi connectivity index (χ0n) is 19.8. The maximum Gasteiger partial charge on any atom is 0.00450 e. The average Bonchev–Trinajstić information content (AvgIpc) is 2.73. The maximum absolute atomic E-state index is 5.09. The zero-order chi connectivity index (χ0) is 21.4. The molecule has 0 saturated heterocycles. The molecule has 0 saturated carbocycles. The molecule has 0 radical (unpaired) electrons. The molecule has 176 valence electrons. The first kappa shape index (κ1) is 30.0. The minimum absolute atomic E-state index is 0.629. The lowest BCUT2D eigenvalue weighted by molar-refractivity contribution is 0.376. The lowest BCUT2D eigenvalue weighted by Gasteiger charge is -2.24. The van der Waals surface area contributed by atoms with E-state index in [-0.39, 0.29) is 0 Å². The second-order valence-electron chi connectivity index (χ2n) is 9.15. The summed E-state index contributed by atoms with van der Waals surface area (Å²) in [6.07, 6.45) is 29.2. The molecule has 0 aliphatic heterocycles. The van der Waals surface area contributed by atoms with Crippen molar-refractivity contribution in [1.29, 1.82) is 0 Å². The van der Waals surface area contributed by atoms with Crippen LogP contribution in [-0.2, 0) is 0 Å². The quantitative estimate of drug-likeness (QED) is 0.0922. The van der Waals surface area contributed by atoms with Gasteiger partial charge in [0.25, 0.3) is 0 Å². The fraction of sp³-hybridized carbons (Fsp3) is 1.00. The van der Waals surface area contributed by atoms with E-state index in [1.165, 1.54) is 135 Å². The van der Waals surface area contributed by atoms with E-state index in [9.17, 15) is 0 Å². The molecule has 0 spiro atoms. The van der Waals surface area contributed by atoms with Gasteiger partial charge in [-0.1, -0.05) is 110 Å². The Morgan fingerprint density at radius 3 is 1.21 bits per heavy atom. The Morgan fingerprint density at radius 1 is 0.448 bits per heavy atom. The van der Waals surface area contributed by atoms with Gasteiger partial charge in [0.1, 0.15) is 0 Å². The molecule has 0 bridgehead atoms. The highest BCUT2D eigenvalue weighted by Crippen LogP contribution is 2.28. The van der Waals surface area contributed by atoms with E-state index < -0.39 is 0 Å². The summed E-state index contributed by atoms with van der Waals surface area (Å²) in [6, 6.07) is 0. The molecule has 0 aliphatic rings. The van der Waals surface area contributed by atoms with Crippen LogP contribution in [0.5, 0.6) is 0 Å². The maximum atomic E-state index is 5.09. The molecule has 0 aromatic heterocycles. The minimum atomic E-state index is 0.629. The van der Waals surface area contributed by atoms with E-state index in [4.69, 9.17) is 12.6 Å². The summed E-state index contributed by atoms with van der Waals surface area (Å²) in [5.74, 6) is 2.95. The van der Waals surface area contributed by atoms with Crippen molar-refractivity contribution in [3.63, 3.8) is 0 Å². The van der Waals surface area contributed by atoms with Crippen molar-refractivity contribution in [1.82, 2.24) is 0 Å². The molecular weight excluding hydrogens is 408 g/mol. The first-order chi connectivity index (χ1) is 14.3. The highest BCUT2D eigenvalue weighted by atomic mass is 32.1. The van der Waals surface area contributed by atoms with E-state index in [1.54, 1.807) is 0 Å². The summed E-state index contributed by atoms with van der Waals surface area (Å²) in [6.45, 7) is 2.30. The SMILES string of the molecule is CCCCCCCCCC(CCCCCCCCS)C(S)CCCCCCCS. The molecule has 2 atom stereocenters. The van der Waals surface area contributed by atoms with E-state index in [1.807, 2.05) is 0 Å². The van der Waals surface area contributed by atoms with E-state index >= 15 is 0 Å². The fourth-order valence-electron chi connectivity index (χ4n) is 4.35. The number of rotatable bonds is 24. The van der Waals surface area contributed by atoms with Gasteiger partial charge in [0, 0.05) is 5.25 Å². The molecule has 2 unspecified atom stereocenters. The molecule has 0 fully saturated rings. The first-order valence-electron chi connectivity index (χ1n) is 13.2. The number of hydrogen-bond acceptors (Lipinski definition) is 3. The van der Waals surface area contributed by atoms with E-state index in [2.05, 4.69) is 32.2 Å². The topological polar surface area (TPSA) is 0 Å². The van der Waals surface area contributed by atoms with Crippen LogP contribution in [0.15, 0.2) is 0 Å². The summed E-state index contributed by atoms with van der Waals surface area (Å²) in [7, 11) is 0. The molecule has 0 rings (SSSR count). The van der Waals surface area contributed by atoms with Crippen molar-refractivity contribution in [2.45, 2.75) is 147 Å². The lowest BCUT2D eigenvalue weighted by Crippen LogP contribution is -2.15. The smallest absolute Gasteiger partial charge is 0.00450 e. The first-order valence-corrected chi connectivity index (χ1v) is 14.9. The van der Waals surface area contributed by atoms with Gasteiger partial charge < -0.3 is 0 Å². The van der Waals surface area contributed by atoms with Gasteiger partial charge in [0.05, 0.1) is 0 Å². The molecule has 0 N–H and O–H groups in total. The van der Waals surface area contributed by atoms with Crippen LogP contribution in [0.25, 0.3) is 0 Å². The van der Waals surface area contributed by atoms with Gasteiger partial charge in [-0.25, -0.2) is 0 Å². The van der Waals surface area contributed by atoms with E-state index in [0.29, 0.717) is 5.25 Å². The Kier molecular flexibility index (Phi) is 26.2. The van der Waals surface area contributed by atoms with Crippen LogP contribution in [0.1, 0.15) is 142 Å². The Labute approximate surface area is 201 Å². The Morgan fingerprint density at radius 2 is 0.793 bits per heavy atom. The van der Waals surface area contributed by atoms with Gasteiger partial charge in [-0.15, -0.1) is 0 Å². The number of thiol groups is 3. The van der Waals surface area contributed by atoms with Crippen LogP contribution in [0.3, 0.4) is 0 Å². The third-order valence-corrected chi connectivity index (χ3v) is 7.68. The zero-order valence-corrected chi connectivity index (χ0v) is 22.4. The predicted octanol–water partition coefficient (Wildman–Crippen LogP) is 9.97. The van der Waals surface area contributed by atoms with Crippen molar-refractivity contribution in [3.05, 3.63) is 0 Å². The second kappa shape index (κ2) is 25.3. The fourth-order valence-corrected chi connectivity index (χ4v) is 5.28. The number of hydrogen-bond donors (Lipinski definition) is 3. The van der Waals surface area contributed by atoms with Crippen LogP contribution >= 0.6 is 37.9 Å². The molecule has 0 heterocycles. The molecule has 0 amide bonds. The Hall–Kier alpha value is 1.05. The van der Waals surface area contributed by atoms with Gasteiger partial charge in [0.2, 0.25) is 0 Å². The van der Waals surface area contributed by atoms with Gasteiger partial charge in [-0.05, 0) is 49.5 Å². The standard InChI is InChI=1S/C26H54S3/c1-2-3-4-5-6-10-15-20-25(21-16-11-7-8-13-18-23-27)26(29)22-17-12-9-14-19-24-28/h25-29H,2-24H2,1H3. The summed E-state index contributed by atoms with van der Waals surface area (Å²) < 4.78 is 0. The summed E-state index contributed by atoms with van der Waals surface area (Å²) >= 11 is 13.7. The molecule has 3 heteroatoms. The van der Waals surface area contributed by atoms with Crippen molar-refractivity contribution >= 4 is 37.9 Å². The van der Waals surface area contributed by atoms with Gasteiger partial charge in [-0.2, -0.15) is 37.9 Å². The van der Waals surface area contributed by atoms with Crippen molar-refractivity contribution < 1.29 is 0 Å². The number of unbranched alkanes of at least 4 members (excludes halogenated alkanes) is 15. The van der Waals surface area contributed by atoms with Crippen molar-refractivity contribution in [3.8, 4) is 0 Å². The third-order valence-electron chi connectivity index (χ3n) is 6.36. The normalized spacial score (nSPS) is 13.7. The summed E-state index contributed by atoms with van der Waals surface area (Å²) in [5, 5.41) is 0.629. The van der Waals surface area contributed by atoms with Crippen molar-refractivity contribution in [2.24, 2.45) is 5.92 Å². The minimum Gasteiger partial charge on any atom is -0.179 e. The largest absolute Gasteiger partial charge is 0.179 e. The lowest BCUT2D eigenvalue weighted by atomic mass is 9.89. The Bertz CT molecular complexity index is 278. The molecule has 29 heavy (non-hydrogen) atoms. The predicted molar refractivity (Wildman–Crippen MR) is 147 cm³/mol. The molecular formula is C26H54S3. The third kappa shape index (κ3) is 22.0. The van der Waals surface area contributed by atoms with Crippen LogP contribution in [0.4, 0.5) is 0 Å². The van der Waals surface area contributed by atoms with Crippen LogP contribution < -0.4 is 0 Å². The summed E-state index contributed by atoms with van der Waals surface area (Å²) in [5.41, 5.74) is 0. The molecule has 0 aromatic rings.